The summed E-state index contributed by atoms with van der Waals surface area (Å²) in [6.45, 7) is 3.37. The van der Waals surface area contributed by atoms with Crippen LogP contribution in [-0.2, 0) is 0 Å². The highest BCUT2D eigenvalue weighted by Crippen LogP contribution is 2.24. The molecule has 1 aromatic carbocycles. The van der Waals surface area contributed by atoms with Crippen LogP contribution in [0.15, 0.2) is 51.3 Å². The maximum atomic E-state index is 13.7. The molecule has 6 nitrogen and oxygen atoms in total. The molecular formula is C18H15FN2O4. The van der Waals surface area contributed by atoms with Gasteiger partial charge in [-0.25, -0.2) is 4.39 Å². The van der Waals surface area contributed by atoms with Gasteiger partial charge in [0.2, 0.25) is 0 Å². The number of rotatable bonds is 3. The Hall–Kier alpha value is -3.35. The maximum absolute atomic E-state index is 13.7. The first-order valence-corrected chi connectivity index (χ1v) is 7.48. The second-order valence-electron chi connectivity index (χ2n) is 5.38. The predicted octanol–water partition coefficient (Wildman–Crippen LogP) is 3.37. The van der Waals surface area contributed by atoms with Gasteiger partial charge in [-0.2, -0.15) is 0 Å². The van der Waals surface area contributed by atoms with E-state index in [1.807, 2.05) is 0 Å². The van der Waals surface area contributed by atoms with Crippen molar-refractivity contribution in [3.8, 4) is 11.3 Å². The Morgan fingerprint density at radius 1 is 0.960 bits per heavy atom. The highest BCUT2D eigenvalue weighted by atomic mass is 19.1. The maximum Gasteiger partial charge on any atom is 0.305 e. The molecule has 0 aliphatic carbocycles. The van der Waals surface area contributed by atoms with Gasteiger partial charge >= 0.3 is 5.91 Å². The molecule has 128 valence electrons. The third kappa shape index (κ3) is 3.45. The fourth-order valence-electron chi connectivity index (χ4n) is 2.36. The summed E-state index contributed by atoms with van der Waals surface area (Å²) in [6, 6.07) is 10.5. The van der Waals surface area contributed by atoms with Crippen LogP contribution in [0.5, 0.6) is 0 Å². The molecule has 2 N–H and O–H groups in total. The lowest BCUT2D eigenvalue weighted by atomic mass is 10.1. The molecule has 0 aliphatic rings. The Bertz CT molecular complexity index is 942. The van der Waals surface area contributed by atoms with Gasteiger partial charge in [0, 0.05) is 0 Å². The zero-order valence-electron chi connectivity index (χ0n) is 13.6. The SMILES string of the molecule is Cc1cc(C(=O)NNC(=O)c2ccc(-c3ccccc3F)o2)c(C)o1. The molecule has 0 aliphatic heterocycles. The molecule has 25 heavy (non-hydrogen) atoms. The summed E-state index contributed by atoms with van der Waals surface area (Å²) in [5.74, 6) is -0.423. The zero-order chi connectivity index (χ0) is 18.0. The molecule has 0 radical (unpaired) electrons. The summed E-state index contributed by atoms with van der Waals surface area (Å²) in [6.07, 6.45) is 0. The van der Waals surface area contributed by atoms with E-state index in [0.29, 0.717) is 17.1 Å². The van der Waals surface area contributed by atoms with E-state index >= 15 is 0 Å². The first-order chi connectivity index (χ1) is 12.0. The monoisotopic (exact) mass is 342 g/mol. The normalized spacial score (nSPS) is 10.5. The number of carbonyl (C=O) groups is 2. The van der Waals surface area contributed by atoms with E-state index < -0.39 is 17.6 Å². The molecule has 0 saturated heterocycles. The van der Waals surface area contributed by atoms with Crippen LogP contribution < -0.4 is 10.9 Å². The fraction of sp³-hybridized carbons (Fsp3) is 0.111. The van der Waals surface area contributed by atoms with Crippen molar-refractivity contribution in [2.24, 2.45) is 0 Å². The molecule has 7 heteroatoms. The van der Waals surface area contributed by atoms with Gasteiger partial charge in [-0.1, -0.05) is 12.1 Å². The Labute approximate surface area is 142 Å². The number of aryl methyl sites for hydroxylation is 2. The highest BCUT2D eigenvalue weighted by molar-refractivity contribution is 5.98. The quantitative estimate of drug-likeness (QED) is 0.715. The molecule has 2 heterocycles. The van der Waals surface area contributed by atoms with Crippen molar-refractivity contribution in [2.75, 3.05) is 0 Å². The van der Waals surface area contributed by atoms with E-state index in [-0.39, 0.29) is 17.1 Å². The van der Waals surface area contributed by atoms with Crippen molar-refractivity contribution in [3.63, 3.8) is 0 Å². The molecule has 2 aromatic heterocycles. The second kappa shape index (κ2) is 6.64. The van der Waals surface area contributed by atoms with Crippen LogP contribution in [-0.4, -0.2) is 11.8 Å². The minimum Gasteiger partial charge on any atom is -0.466 e. The van der Waals surface area contributed by atoms with Crippen molar-refractivity contribution in [1.82, 2.24) is 10.9 Å². The fourth-order valence-corrected chi connectivity index (χ4v) is 2.36. The lowest BCUT2D eigenvalue weighted by molar-refractivity contribution is 0.0830. The van der Waals surface area contributed by atoms with E-state index in [2.05, 4.69) is 10.9 Å². The molecule has 2 amide bonds. The summed E-state index contributed by atoms with van der Waals surface area (Å²) in [4.78, 5) is 24.1. The number of hydrogen-bond acceptors (Lipinski definition) is 4. The lowest BCUT2D eigenvalue weighted by Crippen LogP contribution is -2.41. The number of benzene rings is 1. The number of hydrazine groups is 1. The van der Waals surface area contributed by atoms with E-state index in [9.17, 15) is 14.0 Å². The van der Waals surface area contributed by atoms with Crippen molar-refractivity contribution < 1.29 is 22.8 Å². The van der Waals surface area contributed by atoms with Gasteiger partial charge in [0.1, 0.15) is 23.1 Å². The van der Waals surface area contributed by atoms with E-state index in [1.165, 1.54) is 18.2 Å². The molecule has 3 rings (SSSR count). The summed E-state index contributed by atoms with van der Waals surface area (Å²) in [7, 11) is 0. The lowest BCUT2D eigenvalue weighted by Gasteiger charge is -2.05. The Morgan fingerprint density at radius 3 is 2.36 bits per heavy atom. The van der Waals surface area contributed by atoms with Crippen LogP contribution >= 0.6 is 0 Å². The number of hydrogen-bond donors (Lipinski definition) is 2. The molecule has 0 atom stereocenters. The van der Waals surface area contributed by atoms with Crippen LogP contribution in [0.25, 0.3) is 11.3 Å². The summed E-state index contributed by atoms with van der Waals surface area (Å²) in [5, 5.41) is 0. The minimum absolute atomic E-state index is 0.0568. The summed E-state index contributed by atoms with van der Waals surface area (Å²) < 4.78 is 24.4. The third-order valence-corrected chi connectivity index (χ3v) is 3.54. The van der Waals surface area contributed by atoms with Gasteiger partial charge in [0.15, 0.2) is 5.76 Å². The number of amides is 2. The van der Waals surface area contributed by atoms with E-state index in [0.717, 1.165) is 0 Å². The average molecular weight is 342 g/mol. The number of furan rings is 2. The van der Waals surface area contributed by atoms with Crippen LogP contribution in [0.1, 0.15) is 32.4 Å². The topological polar surface area (TPSA) is 84.5 Å². The minimum atomic E-state index is -0.659. The van der Waals surface area contributed by atoms with Gasteiger partial charge < -0.3 is 8.83 Å². The molecule has 0 saturated carbocycles. The summed E-state index contributed by atoms with van der Waals surface area (Å²) >= 11 is 0. The Morgan fingerprint density at radius 2 is 1.68 bits per heavy atom. The molecular weight excluding hydrogens is 327 g/mol. The van der Waals surface area contributed by atoms with E-state index in [4.69, 9.17) is 8.83 Å². The molecule has 3 aromatic rings. The van der Waals surface area contributed by atoms with Crippen LogP contribution in [0, 0.1) is 19.7 Å². The third-order valence-electron chi connectivity index (χ3n) is 3.54. The molecule has 0 fully saturated rings. The predicted molar refractivity (Wildman–Crippen MR) is 87.2 cm³/mol. The summed E-state index contributed by atoms with van der Waals surface area (Å²) in [5.41, 5.74) is 5.09. The van der Waals surface area contributed by atoms with Crippen LogP contribution in [0.4, 0.5) is 4.39 Å². The molecule has 0 bridgehead atoms. The highest BCUT2D eigenvalue weighted by Gasteiger charge is 2.17. The van der Waals surface area contributed by atoms with Gasteiger partial charge in [-0.15, -0.1) is 0 Å². The number of carbonyl (C=O) groups excluding carboxylic acids is 2. The van der Waals surface area contributed by atoms with Crippen LogP contribution in [0.2, 0.25) is 0 Å². The van der Waals surface area contributed by atoms with Gasteiger partial charge in [-0.3, -0.25) is 20.4 Å². The largest absolute Gasteiger partial charge is 0.466 e. The van der Waals surface area contributed by atoms with Crippen molar-refractivity contribution in [2.45, 2.75) is 13.8 Å². The molecule has 0 spiro atoms. The molecule has 0 unspecified atom stereocenters. The van der Waals surface area contributed by atoms with Gasteiger partial charge in [0.05, 0.1) is 11.1 Å². The second-order valence-corrected chi connectivity index (χ2v) is 5.38. The van der Waals surface area contributed by atoms with Crippen LogP contribution in [0.3, 0.4) is 0 Å². The van der Waals surface area contributed by atoms with Crippen molar-refractivity contribution in [1.29, 1.82) is 0 Å². The van der Waals surface area contributed by atoms with Crippen molar-refractivity contribution >= 4 is 11.8 Å². The van der Waals surface area contributed by atoms with E-state index in [1.54, 1.807) is 38.1 Å². The smallest absolute Gasteiger partial charge is 0.305 e. The standard InChI is InChI=1S/C18H15FN2O4/c1-10-9-13(11(2)24-10)17(22)20-21-18(23)16-8-7-15(25-16)12-5-3-4-6-14(12)19/h3-9H,1-2H3,(H,20,22)(H,21,23). The first kappa shape index (κ1) is 16.5. The van der Waals surface area contributed by atoms with Crippen molar-refractivity contribution in [3.05, 3.63) is 71.1 Å². The Balaban J connectivity index is 1.67. The van der Waals surface area contributed by atoms with Gasteiger partial charge in [-0.05, 0) is 44.2 Å². The Kier molecular flexibility index (Phi) is 4.38. The van der Waals surface area contributed by atoms with Gasteiger partial charge in [0.25, 0.3) is 5.91 Å². The number of nitrogens with one attached hydrogen (secondary N) is 2. The number of halogens is 1. The zero-order valence-corrected chi connectivity index (χ0v) is 13.6. The average Bonchev–Trinajstić information content (AvgIpc) is 3.19. The first-order valence-electron chi connectivity index (χ1n) is 7.48.